The normalized spacial score (nSPS) is 12.2. The molecule has 4 nitrogen and oxygen atoms in total. The number of carbonyl (C=O) groups is 1. The molecule has 1 rings (SSSR count). The van der Waals surface area contributed by atoms with Crippen molar-refractivity contribution in [2.75, 3.05) is 6.54 Å². The predicted octanol–water partition coefficient (Wildman–Crippen LogP) is 2.58. The smallest absolute Gasteiger partial charge is 0.237 e. The zero-order valence-electron chi connectivity index (χ0n) is 13.4. The van der Waals surface area contributed by atoms with Crippen LogP contribution in [0.4, 0.5) is 0 Å². The van der Waals surface area contributed by atoms with Crippen molar-refractivity contribution in [1.82, 2.24) is 5.32 Å². The van der Waals surface area contributed by atoms with Gasteiger partial charge < -0.3 is 16.2 Å². The Labute approximate surface area is 127 Å². The number of nitrogens with one attached hydrogen (secondary N) is 1. The lowest BCUT2D eigenvalue weighted by Crippen LogP contribution is -2.42. The highest BCUT2D eigenvalue weighted by molar-refractivity contribution is 5.81. The molecule has 0 spiro atoms. The van der Waals surface area contributed by atoms with Crippen LogP contribution in [0.2, 0.25) is 0 Å². The Balaban J connectivity index is 2.49. The number of unbranched alkanes of at least 4 members (excludes halogenated alkanes) is 3. The Morgan fingerprint density at radius 3 is 2.43 bits per heavy atom. The summed E-state index contributed by atoms with van der Waals surface area (Å²) in [6, 6.07) is 2.87. The molecule has 4 N–H and O–H groups in total. The van der Waals surface area contributed by atoms with Gasteiger partial charge in [-0.2, -0.15) is 0 Å². The first kappa shape index (κ1) is 17.5. The minimum atomic E-state index is -0.543. The summed E-state index contributed by atoms with van der Waals surface area (Å²) in [7, 11) is 0. The van der Waals surface area contributed by atoms with E-state index in [4.69, 9.17) is 5.73 Å². The van der Waals surface area contributed by atoms with Gasteiger partial charge in [0.2, 0.25) is 5.91 Å². The van der Waals surface area contributed by atoms with E-state index in [-0.39, 0.29) is 11.7 Å². The Hall–Kier alpha value is -1.55. The van der Waals surface area contributed by atoms with Crippen molar-refractivity contribution in [3.05, 3.63) is 28.8 Å². The van der Waals surface area contributed by atoms with Gasteiger partial charge in [0.25, 0.3) is 0 Å². The molecule has 0 aromatic heterocycles. The van der Waals surface area contributed by atoms with E-state index in [2.05, 4.69) is 12.2 Å². The number of hydrogen-bond acceptors (Lipinski definition) is 3. The van der Waals surface area contributed by atoms with Gasteiger partial charge in [0.1, 0.15) is 5.75 Å². The monoisotopic (exact) mass is 292 g/mol. The minimum absolute atomic E-state index is 0.0987. The second-order valence-electron chi connectivity index (χ2n) is 5.72. The van der Waals surface area contributed by atoms with Crippen LogP contribution in [0.1, 0.15) is 49.3 Å². The van der Waals surface area contributed by atoms with Gasteiger partial charge in [-0.15, -0.1) is 0 Å². The Morgan fingerprint density at radius 1 is 1.24 bits per heavy atom. The predicted molar refractivity (Wildman–Crippen MR) is 86.4 cm³/mol. The standard InChI is InChI=1S/C17H28N2O2/c1-4-5-6-7-8-19-17(21)16(18)11-15-12(2)9-14(20)10-13(15)3/h9-10,16,20H,4-8,11,18H2,1-3H3,(H,19,21)/t16-/m0/s1. The summed E-state index contributed by atoms with van der Waals surface area (Å²) in [6.07, 6.45) is 5.03. The number of phenolic OH excluding ortho intramolecular Hbond substituents is 1. The topological polar surface area (TPSA) is 75.4 Å². The lowest BCUT2D eigenvalue weighted by Gasteiger charge is -2.16. The second-order valence-corrected chi connectivity index (χ2v) is 5.72. The van der Waals surface area contributed by atoms with E-state index in [9.17, 15) is 9.90 Å². The van der Waals surface area contributed by atoms with E-state index in [1.165, 1.54) is 12.8 Å². The van der Waals surface area contributed by atoms with Crippen LogP contribution in [-0.4, -0.2) is 23.6 Å². The fourth-order valence-corrected chi connectivity index (χ4v) is 2.50. The van der Waals surface area contributed by atoms with Crippen molar-refractivity contribution in [3.63, 3.8) is 0 Å². The van der Waals surface area contributed by atoms with Gasteiger partial charge >= 0.3 is 0 Å². The molecule has 1 aromatic rings. The third-order valence-electron chi connectivity index (χ3n) is 3.77. The quantitative estimate of drug-likeness (QED) is 0.645. The number of amides is 1. The lowest BCUT2D eigenvalue weighted by molar-refractivity contribution is -0.122. The molecule has 0 heterocycles. The molecule has 1 amide bonds. The molecule has 0 unspecified atom stereocenters. The minimum Gasteiger partial charge on any atom is -0.508 e. The molecule has 0 bridgehead atoms. The second kappa shape index (κ2) is 8.67. The summed E-state index contributed by atoms with van der Waals surface area (Å²) in [5.41, 5.74) is 8.98. The molecule has 0 saturated heterocycles. The third-order valence-corrected chi connectivity index (χ3v) is 3.77. The maximum atomic E-state index is 12.0. The first-order chi connectivity index (χ1) is 9.95. The molecular formula is C17H28N2O2. The van der Waals surface area contributed by atoms with Gasteiger partial charge in [-0.25, -0.2) is 0 Å². The van der Waals surface area contributed by atoms with Crippen LogP contribution in [0.5, 0.6) is 5.75 Å². The molecule has 118 valence electrons. The number of aromatic hydroxyl groups is 1. The van der Waals surface area contributed by atoms with E-state index < -0.39 is 6.04 Å². The summed E-state index contributed by atoms with van der Waals surface area (Å²) in [6.45, 7) is 6.71. The van der Waals surface area contributed by atoms with E-state index >= 15 is 0 Å². The first-order valence-electron chi connectivity index (χ1n) is 7.78. The number of carbonyl (C=O) groups excluding carboxylic acids is 1. The summed E-state index contributed by atoms with van der Waals surface area (Å²) < 4.78 is 0. The molecule has 0 aliphatic rings. The number of aryl methyl sites for hydroxylation is 2. The highest BCUT2D eigenvalue weighted by Crippen LogP contribution is 2.21. The molecule has 1 aromatic carbocycles. The fraction of sp³-hybridized carbons (Fsp3) is 0.588. The van der Waals surface area contributed by atoms with Crippen LogP contribution >= 0.6 is 0 Å². The SMILES string of the molecule is CCCCCCNC(=O)[C@@H](N)Cc1c(C)cc(O)cc1C. The highest BCUT2D eigenvalue weighted by Gasteiger charge is 2.16. The fourth-order valence-electron chi connectivity index (χ4n) is 2.50. The van der Waals surface area contributed by atoms with Crippen molar-refractivity contribution in [2.24, 2.45) is 5.73 Å². The number of nitrogens with two attached hydrogens (primary N) is 1. The van der Waals surface area contributed by atoms with Crippen LogP contribution in [0, 0.1) is 13.8 Å². The largest absolute Gasteiger partial charge is 0.508 e. The van der Waals surface area contributed by atoms with E-state index in [0.717, 1.165) is 29.5 Å². The molecule has 0 aliphatic carbocycles. The van der Waals surface area contributed by atoms with Crippen molar-refractivity contribution in [3.8, 4) is 5.75 Å². The molecule has 1 atom stereocenters. The van der Waals surface area contributed by atoms with Crippen molar-refractivity contribution in [1.29, 1.82) is 0 Å². The van der Waals surface area contributed by atoms with Gasteiger partial charge in [-0.1, -0.05) is 26.2 Å². The highest BCUT2D eigenvalue weighted by atomic mass is 16.3. The Morgan fingerprint density at radius 2 is 1.86 bits per heavy atom. The maximum Gasteiger partial charge on any atom is 0.237 e. The average molecular weight is 292 g/mol. The van der Waals surface area contributed by atoms with Gasteiger partial charge in [0.05, 0.1) is 6.04 Å². The number of phenols is 1. The van der Waals surface area contributed by atoms with Crippen LogP contribution in [0.25, 0.3) is 0 Å². The first-order valence-corrected chi connectivity index (χ1v) is 7.78. The molecule has 0 fully saturated rings. The molecule has 0 aliphatic heterocycles. The van der Waals surface area contributed by atoms with Crippen molar-refractivity contribution >= 4 is 5.91 Å². The van der Waals surface area contributed by atoms with Gasteiger partial charge in [0, 0.05) is 6.54 Å². The summed E-state index contributed by atoms with van der Waals surface area (Å²) in [4.78, 5) is 12.0. The van der Waals surface area contributed by atoms with Gasteiger partial charge in [-0.3, -0.25) is 4.79 Å². The number of benzene rings is 1. The van der Waals surface area contributed by atoms with E-state index in [1.807, 2.05) is 13.8 Å². The molecule has 4 heteroatoms. The third kappa shape index (κ3) is 5.76. The Bertz CT molecular complexity index is 449. The number of hydrogen-bond donors (Lipinski definition) is 3. The average Bonchev–Trinajstić information content (AvgIpc) is 2.42. The summed E-state index contributed by atoms with van der Waals surface area (Å²) in [5.74, 6) is 0.154. The van der Waals surface area contributed by atoms with Gasteiger partial charge in [-0.05, 0) is 55.5 Å². The molecular weight excluding hydrogens is 264 g/mol. The lowest BCUT2D eigenvalue weighted by atomic mass is 9.96. The molecule has 0 radical (unpaired) electrons. The van der Waals surface area contributed by atoms with Crippen LogP contribution in [0.3, 0.4) is 0 Å². The summed E-state index contributed by atoms with van der Waals surface area (Å²) in [5, 5.41) is 12.4. The van der Waals surface area contributed by atoms with Crippen LogP contribution in [-0.2, 0) is 11.2 Å². The van der Waals surface area contributed by atoms with E-state index in [1.54, 1.807) is 12.1 Å². The molecule has 21 heavy (non-hydrogen) atoms. The zero-order chi connectivity index (χ0) is 15.8. The summed E-state index contributed by atoms with van der Waals surface area (Å²) >= 11 is 0. The number of rotatable bonds is 8. The van der Waals surface area contributed by atoms with Crippen LogP contribution in [0.15, 0.2) is 12.1 Å². The zero-order valence-corrected chi connectivity index (χ0v) is 13.4. The van der Waals surface area contributed by atoms with Crippen LogP contribution < -0.4 is 11.1 Å². The van der Waals surface area contributed by atoms with E-state index in [0.29, 0.717) is 13.0 Å². The maximum absolute atomic E-state index is 12.0. The van der Waals surface area contributed by atoms with Gasteiger partial charge in [0.15, 0.2) is 0 Å². The molecule has 0 saturated carbocycles. The van der Waals surface area contributed by atoms with Crippen molar-refractivity contribution in [2.45, 2.75) is 58.9 Å². The Kier molecular flexibility index (Phi) is 7.23. The van der Waals surface area contributed by atoms with Crippen molar-refractivity contribution < 1.29 is 9.90 Å².